The molecule has 0 saturated carbocycles. The van der Waals surface area contributed by atoms with Gasteiger partial charge in [-0.25, -0.2) is 0 Å². The fraction of sp³-hybridized carbons (Fsp3) is 0.227. The minimum atomic E-state index is -0.618. The Morgan fingerprint density at radius 1 is 0.964 bits per heavy atom. The van der Waals surface area contributed by atoms with Gasteiger partial charge in [0.1, 0.15) is 5.75 Å². The average Bonchev–Trinajstić information content (AvgIpc) is 2.71. The third-order valence-electron chi connectivity index (χ3n) is 4.37. The fourth-order valence-electron chi connectivity index (χ4n) is 2.85. The van der Waals surface area contributed by atoms with Crippen molar-refractivity contribution in [3.8, 4) is 17.2 Å². The zero-order valence-corrected chi connectivity index (χ0v) is 17.6. The van der Waals surface area contributed by atoms with Crippen molar-refractivity contribution in [1.29, 1.82) is 0 Å². The summed E-state index contributed by atoms with van der Waals surface area (Å²) < 4.78 is 17.4. The Bertz CT molecular complexity index is 989. The maximum absolute atomic E-state index is 12.4. The van der Waals surface area contributed by atoms with Gasteiger partial charge in [0.05, 0.1) is 14.2 Å². The van der Waals surface area contributed by atoms with E-state index in [0.717, 1.165) is 20.8 Å². The fourth-order valence-corrected chi connectivity index (χ4v) is 3.23. The van der Waals surface area contributed by atoms with E-state index in [2.05, 4.69) is 21.2 Å². The molecule has 3 rings (SSSR count). The first-order chi connectivity index (χ1) is 13.5. The molecule has 0 aliphatic rings. The van der Waals surface area contributed by atoms with Gasteiger partial charge in [0.2, 0.25) is 0 Å². The Balaban J connectivity index is 1.61. The molecular weight excluding hydrogens is 422 g/mol. The van der Waals surface area contributed by atoms with E-state index in [0.29, 0.717) is 23.8 Å². The van der Waals surface area contributed by atoms with Crippen LogP contribution in [0.5, 0.6) is 17.2 Å². The smallest absolute Gasteiger partial charge is 0.261 e. The second kappa shape index (κ2) is 8.97. The number of carbonyl (C=O) groups is 1. The van der Waals surface area contributed by atoms with Gasteiger partial charge >= 0.3 is 0 Å². The van der Waals surface area contributed by atoms with Crippen LogP contribution < -0.4 is 19.5 Å². The van der Waals surface area contributed by atoms with Crippen LogP contribution in [0.4, 0.5) is 0 Å². The van der Waals surface area contributed by atoms with Crippen LogP contribution in [-0.2, 0) is 11.3 Å². The highest BCUT2D eigenvalue weighted by atomic mass is 79.9. The lowest BCUT2D eigenvalue weighted by Crippen LogP contribution is -2.35. The Kier molecular flexibility index (Phi) is 6.41. The van der Waals surface area contributed by atoms with Gasteiger partial charge in [0.15, 0.2) is 17.6 Å². The van der Waals surface area contributed by atoms with Gasteiger partial charge in [-0.2, -0.15) is 0 Å². The van der Waals surface area contributed by atoms with Crippen molar-refractivity contribution in [3.05, 3.63) is 64.6 Å². The summed E-state index contributed by atoms with van der Waals surface area (Å²) in [6.45, 7) is 2.11. The summed E-state index contributed by atoms with van der Waals surface area (Å²) >= 11 is 3.46. The second-order valence-corrected chi connectivity index (χ2v) is 7.24. The first-order valence-corrected chi connectivity index (χ1v) is 9.64. The monoisotopic (exact) mass is 443 g/mol. The first kappa shape index (κ1) is 20.0. The van der Waals surface area contributed by atoms with Gasteiger partial charge in [-0.1, -0.05) is 34.1 Å². The Morgan fingerprint density at radius 3 is 2.43 bits per heavy atom. The van der Waals surface area contributed by atoms with Crippen LogP contribution in [0.3, 0.4) is 0 Å². The van der Waals surface area contributed by atoms with E-state index >= 15 is 0 Å². The molecule has 5 nitrogen and oxygen atoms in total. The molecule has 6 heteroatoms. The summed E-state index contributed by atoms with van der Waals surface area (Å²) in [6.07, 6.45) is -0.618. The third-order valence-corrected chi connectivity index (χ3v) is 4.86. The Hall–Kier alpha value is -2.73. The first-order valence-electron chi connectivity index (χ1n) is 8.84. The lowest BCUT2D eigenvalue weighted by Gasteiger charge is -2.16. The van der Waals surface area contributed by atoms with Crippen molar-refractivity contribution in [2.45, 2.75) is 19.6 Å². The summed E-state index contributed by atoms with van der Waals surface area (Å²) in [5.41, 5.74) is 0.912. The number of rotatable bonds is 7. The van der Waals surface area contributed by atoms with Crippen LogP contribution in [0.25, 0.3) is 10.8 Å². The van der Waals surface area contributed by atoms with Gasteiger partial charge < -0.3 is 19.5 Å². The van der Waals surface area contributed by atoms with Crippen LogP contribution in [0, 0.1) is 0 Å². The van der Waals surface area contributed by atoms with Crippen LogP contribution in [0.2, 0.25) is 0 Å². The van der Waals surface area contributed by atoms with Crippen LogP contribution >= 0.6 is 15.9 Å². The molecule has 0 aliphatic heterocycles. The molecule has 0 heterocycles. The maximum atomic E-state index is 12.4. The van der Waals surface area contributed by atoms with Crippen LogP contribution in [0.15, 0.2) is 59.1 Å². The summed E-state index contributed by atoms with van der Waals surface area (Å²) in [6, 6.07) is 17.3. The summed E-state index contributed by atoms with van der Waals surface area (Å²) in [5.74, 6) is 1.74. The number of hydrogen-bond acceptors (Lipinski definition) is 4. The van der Waals surface area contributed by atoms with E-state index in [9.17, 15) is 4.79 Å². The van der Waals surface area contributed by atoms with Crippen molar-refractivity contribution in [3.63, 3.8) is 0 Å². The van der Waals surface area contributed by atoms with Gasteiger partial charge in [0.25, 0.3) is 5.91 Å². The average molecular weight is 444 g/mol. The summed E-state index contributed by atoms with van der Waals surface area (Å²) in [4.78, 5) is 12.4. The van der Waals surface area contributed by atoms with Gasteiger partial charge in [0, 0.05) is 11.0 Å². The highest BCUT2D eigenvalue weighted by Gasteiger charge is 2.15. The standard InChI is InChI=1S/C22H22BrNO4/c1-14(28-19-8-6-16-11-18(23)7-5-17(16)12-19)22(25)24-13-15-4-9-20(26-2)21(10-15)27-3/h4-12,14H,13H2,1-3H3,(H,24,25). The number of halogens is 1. The molecule has 0 aromatic heterocycles. The van der Waals surface area contributed by atoms with Crippen molar-refractivity contribution < 1.29 is 19.0 Å². The molecule has 28 heavy (non-hydrogen) atoms. The molecule has 1 atom stereocenters. The molecule has 1 N–H and O–H groups in total. The highest BCUT2D eigenvalue weighted by Crippen LogP contribution is 2.27. The molecule has 1 amide bonds. The van der Waals surface area contributed by atoms with E-state index < -0.39 is 6.10 Å². The molecular formula is C22H22BrNO4. The largest absolute Gasteiger partial charge is 0.493 e. The quantitative estimate of drug-likeness (QED) is 0.574. The lowest BCUT2D eigenvalue weighted by atomic mass is 10.1. The molecule has 1 unspecified atom stereocenters. The van der Waals surface area contributed by atoms with Crippen LogP contribution in [0.1, 0.15) is 12.5 Å². The van der Waals surface area contributed by atoms with E-state index in [1.165, 1.54) is 0 Å². The number of ether oxygens (including phenoxy) is 3. The van der Waals surface area contributed by atoms with Crippen LogP contribution in [-0.4, -0.2) is 26.2 Å². The molecule has 0 spiro atoms. The minimum Gasteiger partial charge on any atom is -0.493 e. The minimum absolute atomic E-state index is 0.189. The van der Waals surface area contributed by atoms with Crippen molar-refractivity contribution >= 4 is 32.6 Å². The zero-order valence-electron chi connectivity index (χ0n) is 16.0. The predicted octanol–water partition coefficient (Wildman–Crippen LogP) is 4.70. The van der Waals surface area contributed by atoms with Gasteiger partial charge in [-0.3, -0.25) is 4.79 Å². The van der Waals surface area contributed by atoms with Crippen molar-refractivity contribution in [2.24, 2.45) is 0 Å². The molecule has 146 valence electrons. The highest BCUT2D eigenvalue weighted by molar-refractivity contribution is 9.10. The molecule has 0 radical (unpaired) electrons. The molecule has 0 saturated heterocycles. The lowest BCUT2D eigenvalue weighted by molar-refractivity contribution is -0.127. The third kappa shape index (κ3) is 4.75. The van der Waals surface area contributed by atoms with Gasteiger partial charge in [-0.05, 0) is 59.7 Å². The second-order valence-electron chi connectivity index (χ2n) is 6.32. The molecule has 0 fully saturated rings. The predicted molar refractivity (Wildman–Crippen MR) is 113 cm³/mol. The molecule has 3 aromatic rings. The van der Waals surface area contributed by atoms with E-state index in [-0.39, 0.29) is 5.91 Å². The summed E-state index contributed by atoms with van der Waals surface area (Å²) in [7, 11) is 3.17. The normalized spacial score (nSPS) is 11.7. The topological polar surface area (TPSA) is 56.8 Å². The van der Waals surface area contributed by atoms with E-state index in [1.54, 1.807) is 21.1 Å². The van der Waals surface area contributed by atoms with Crippen molar-refractivity contribution in [1.82, 2.24) is 5.32 Å². The number of benzene rings is 3. The summed E-state index contributed by atoms with van der Waals surface area (Å²) in [5, 5.41) is 5.04. The maximum Gasteiger partial charge on any atom is 0.261 e. The SMILES string of the molecule is COc1ccc(CNC(=O)C(C)Oc2ccc3cc(Br)ccc3c2)cc1OC. The van der Waals surface area contributed by atoms with E-state index in [1.807, 2.05) is 54.6 Å². The van der Waals surface area contributed by atoms with E-state index in [4.69, 9.17) is 14.2 Å². The Labute approximate surface area is 172 Å². The number of hydrogen-bond donors (Lipinski definition) is 1. The number of fused-ring (bicyclic) bond motifs is 1. The molecule has 0 aliphatic carbocycles. The van der Waals surface area contributed by atoms with Crippen molar-refractivity contribution in [2.75, 3.05) is 14.2 Å². The molecule has 3 aromatic carbocycles. The number of amides is 1. The molecule has 0 bridgehead atoms. The number of carbonyl (C=O) groups excluding carboxylic acids is 1. The van der Waals surface area contributed by atoms with Gasteiger partial charge in [-0.15, -0.1) is 0 Å². The Morgan fingerprint density at radius 2 is 1.68 bits per heavy atom. The number of methoxy groups -OCH3 is 2. The zero-order chi connectivity index (χ0) is 20.1. The number of nitrogens with one attached hydrogen (secondary N) is 1.